The molecule has 0 radical (unpaired) electrons. The molecule has 2 aliphatic rings. The number of nitrogens with zero attached hydrogens (tertiary/aromatic N) is 1. The van der Waals surface area contributed by atoms with Gasteiger partial charge in [0.05, 0.1) is 0 Å². The summed E-state index contributed by atoms with van der Waals surface area (Å²) >= 11 is 0. The molecular formula is C14H28N2. The predicted octanol–water partition coefficient (Wildman–Crippen LogP) is 2.64. The van der Waals surface area contributed by atoms with Crippen molar-refractivity contribution in [2.45, 2.75) is 64.5 Å². The van der Waals surface area contributed by atoms with Gasteiger partial charge in [0.2, 0.25) is 0 Å². The van der Waals surface area contributed by atoms with Gasteiger partial charge in [-0.2, -0.15) is 0 Å². The molecule has 94 valence electrons. The van der Waals surface area contributed by atoms with Crippen molar-refractivity contribution in [2.24, 2.45) is 5.92 Å². The van der Waals surface area contributed by atoms with Gasteiger partial charge in [-0.1, -0.05) is 12.8 Å². The summed E-state index contributed by atoms with van der Waals surface area (Å²) in [5, 5.41) is 3.67. The normalized spacial score (nSPS) is 27.4. The molecule has 0 bridgehead atoms. The summed E-state index contributed by atoms with van der Waals surface area (Å²) in [5.74, 6) is 1.01. The van der Waals surface area contributed by atoms with E-state index < -0.39 is 0 Å². The summed E-state index contributed by atoms with van der Waals surface area (Å²) in [5.41, 5.74) is 0. The Morgan fingerprint density at radius 3 is 2.38 bits per heavy atom. The van der Waals surface area contributed by atoms with Crippen LogP contribution in [-0.2, 0) is 0 Å². The second kappa shape index (κ2) is 6.02. The van der Waals surface area contributed by atoms with Gasteiger partial charge in [0.1, 0.15) is 0 Å². The van der Waals surface area contributed by atoms with Crippen molar-refractivity contribution >= 4 is 0 Å². The Labute approximate surface area is 101 Å². The van der Waals surface area contributed by atoms with Gasteiger partial charge in [0, 0.05) is 25.2 Å². The van der Waals surface area contributed by atoms with Crippen LogP contribution in [0.15, 0.2) is 0 Å². The van der Waals surface area contributed by atoms with Crippen LogP contribution >= 0.6 is 0 Å². The third kappa shape index (κ3) is 3.46. The van der Waals surface area contributed by atoms with Gasteiger partial charge in [-0.3, -0.25) is 4.90 Å². The number of hydrogen-bond donors (Lipinski definition) is 1. The molecule has 1 saturated heterocycles. The molecule has 2 rings (SSSR count). The van der Waals surface area contributed by atoms with E-state index in [0.717, 1.165) is 12.0 Å². The predicted molar refractivity (Wildman–Crippen MR) is 69.7 cm³/mol. The average molecular weight is 224 g/mol. The summed E-state index contributed by atoms with van der Waals surface area (Å²) in [6.45, 7) is 8.55. The molecule has 2 fully saturated rings. The summed E-state index contributed by atoms with van der Waals surface area (Å²) in [6.07, 6.45) is 8.60. The summed E-state index contributed by atoms with van der Waals surface area (Å²) in [7, 11) is 0. The van der Waals surface area contributed by atoms with Gasteiger partial charge in [-0.05, 0) is 52.0 Å². The second-order valence-corrected chi connectivity index (χ2v) is 5.99. The van der Waals surface area contributed by atoms with E-state index in [1.54, 1.807) is 0 Å². The Balaban J connectivity index is 1.76. The van der Waals surface area contributed by atoms with Crippen LogP contribution in [0.1, 0.15) is 52.4 Å². The lowest BCUT2D eigenvalue weighted by atomic mass is 9.84. The van der Waals surface area contributed by atoms with E-state index in [9.17, 15) is 0 Å². The molecule has 1 unspecified atom stereocenters. The minimum absolute atomic E-state index is 0.712. The van der Waals surface area contributed by atoms with Crippen molar-refractivity contribution in [1.29, 1.82) is 0 Å². The third-order valence-electron chi connectivity index (χ3n) is 4.32. The minimum atomic E-state index is 0.712. The topological polar surface area (TPSA) is 15.3 Å². The third-order valence-corrected chi connectivity index (χ3v) is 4.32. The molecule has 1 heterocycles. The van der Waals surface area contributed by atoms with Crippen LogP contribution in [0.3, 0.4) is 0 Å². The summed E-state index contributed by atoms with van der Waals surface area (Å²) in [6, 6.07) is 1.47. The van der Waals surface area contributed by atoms with Crippen LogP contribution in [0.5, 0.6) is 0 Å². The minimum Gasteiger partial charge on any atom is -0.313 e. The van der Waals surface area contributed by atoms with Gasteiger partial charge in [0.15, 0.2) is 0 Å². The number of nitrogens with one attached hydrogen (secondary N) is 1. The van der Waals surface area contributed by atoms with Crippen LogP contribution in [0.4, 0.5) is 0 Å². The van der Waals surface area contributed by atoms with E-state index >= 15 is 0 Å². The summed E-state index contributed by atoms with van der Waals surface area (Å²) in [4.78, 5) is 2.70. The first kappa shape index (κ1) is 12.4. The lowest BCUT2D eigenvalue weighted by molar-refractivity contribution is 0.128. The Morgan fingerprint density at radius 1 is 1.06 bits per heavy atom. The zero-order valence-corrected chi connectivity index (χ0v) is 11.0. The van der Waals surface area contributed by atoms with Crippen molar-refractivity contribution in [3.63, 3.8) is 0 Å². The molecule has 1 aliphatic carbocycles. The Kier molecular flexibility index (Phi) is 4.66. The first-order valence-corrected chi connectivity index (χ1v) is 7.23. The fraction of sp³-hybridized carbons (Fsp3) is 1.00. The highest BCUT2D eigenvalue weighted by atomic mass is 15.2. The second-order valence-electron chi connectivity index (χ2n) is 5.99. The zero-order valence-electron chi connectivity index (χ0n) is 11.0. The average Bonchev–Trinajstić information content (AvgIpc) is 2.22. The van der Waals surface area contributed by atoms with Crippen LogP contribution in [0.25, 0.3) is 0 Å². The highest BCUT2D eigenvalue weighted by molar-refractivity contribution is 4.81. The molecule has 2 heteroatoms. The van der Waals surface area contributed by atoms with Crippen molar-refractivity contribution in [3.05, 3.63) is 0 Å². The smallest absolute Gasteiger partial charge is 0.0195 e. The van der Waals surface area contributed by atoms with E-state index in [-0.39, 0.29) is 0 Å². The van der Waals surface area contributed by atoms with Gasteiger partial charge < -0.3 is 5.32 Å². The standard InChI is InChI=1S/C14H28N2/c1-12(2)16(10-13-6-5-7-13)11-14-8-3-4-9-15-14/h12-15H,3-11H2,1-2H3. The van der Waals surface area contributed by atoms with Gasteiger partial charge in [-0.15, -0.1) is 0 Å². The van der Waals surface area contributed by atoms with E-state index in [1.165, 1.54) is 58.2 Å². The van der Waals surface area contributed by atoms with Crippen LogP contribution in [-0.4, -0.2) is 36.6 Å². The molecule has 16 heavy (non-hydrogen) atoms. The maximum atomic E-state index is 3.67. The molecular weight excluding hydrogens is 196 g/mol. The van der Waals surface area contributed by atoms with Gasteiger partial charge in [-0.25, -0.2) is 0 Å². The van der Waals surface area contributed by atoms with Crippen molar-refractivity contribution in [2.75, 3.05) is 19.6 Å². The quantitative estimate of drug-likeness (QED) is 0.772. The molecule has 0 amide bonds. The highest BCUT2D eigenvalue weighted by Crippen LogP contribution is 2.27. The van der Waals surface area contributed by atoms with Crippen molar-refractivity contribution < 1.29 is 0 Å². The number of hydrogen-bond acceptors (Lipinski definition) is 2. The molecule has 2 nitrogen and oxygen atoms in total. The maximum Gasteiger partial charge on any atom is 0.0195 e. The molecule has 0 aromatic rings. The fourth-order valence-corrected chi connectivity index (χ4v) is 2.87. The Morgan fingerprint density at radius 2 is 1.88 bits per heavy atom. The molecule has 1 atom stereocenters. The first-order chi connectivity index (χ1) is 7.75. The molecule has 0 aromatic heterocycles. The molecule has 1 N–H and O–H groups in total. The van der Waals surface area contributed by atoms with Gasteiger partial charge >= 0.3 is 0 Å². The molecule has 0 aromatic carbocycles. The van der Waals surface area contributed by atoms with E-state index in [1.807, 2.05) is 0 Å². The summed E-state index contributed by atoms with van der Waals surface area (Å²) < 4.78 is 0. The van der Waals surface area contributed by atoms with E-state index in [0.29, 0.717) is 6.04 Å². The van der Waals surface area contributed by atoms with Crippen LogP contribution < -0.4 is 5.32 Å². The van der Waals surface area contributed by atoms with Crippen LogP contribution in [0, 0.1) is 5.92 Å². The lowest BCUT2D eigenvalue weighted by Gasteiger charge is -2.37. The van der Waals surface area contributed by atoms with E-state index in [4.69, 9.17) is 0 Å². The number of rotatable bonds is 5. The Bertz CT molecular complexity index is 193. The molecule has 0 spiro atoms. The number of piperidine rings is 1. The fourth-order valence-electron chi connectivity index (χ4n) is 2.87. The van der Waals surface area contributed by atoms with Crippen molar-refractivity contribution in [1.82, 2.24) is 10.2 Å². The zero-order chi connectivity index (χ0) is 11.4. The van der Waals surface area contributed by atoms with Crippen LogP contribution in [0.2, 0.25) is 0 Å². The Hall–Kier alpha value is -0.0800. The monoisotopic (exact) mass is 224 g/mol. The lowest BCUT2D eigenvalue weighted by Crippen LogP contribution is -2.47. The maximum absolute atomic E-state index is 3.67. The van der Waals surface area contributed by atoms with Crippen molar-refractivity contribution in [3.8, 4) is 0 Å². The van der Waals surface area contributed by atoms with E-state index in [2.05, 4.69) is 24.1 Å². The first-order valence-electron chi connectivity index (χ1n) is 7.23. The SMILES string of the molecule is CC(C)N(CC1CCC1)CC1CCCCN1. The largest absolute Gasteiger partial charge is 0.313 e. The molecule has 1 aliphatic heterocycles. The van der Waals surface area contributed by atoms with Gasteiger partial charge in [0.25, 0.3) is 0 Å². The highest BCUT2D eigenvalue weighted by Gasteiger charge is 2.24. The molecule has 1 saturated carbocycles.